The number of para-hydroxylation sites is 1. The van der Waals surface area contributed by atoms with E-state index in [4.69, 9.17) is 11.6 Å². The minimum absolute atomic E-state index is 0.410. The minimum Gasteiger partial charge on any atom is -0.149 e. The van der Waals surface area contributed by atoms with Crippen molar-refractivity contribution < 1.29 is 0 Å². The molecule has 0 amide bonds. The maximum absolute atomic E-state index is 6.17. The average molecular weight is 270 g/mol. The summed E-state index contributed by atoms with van der Waals surface area (Å²) in [4.78, 5) is 1.55. The number of aryl methyl sites for hydroxylation is 1. The summed E-state index contributed by atoms with van der Waals surface area (Å²) in [6.45, 7) is 2.05. The molecule has 0 aliphatic rings. The fourth-order valence-corrected chi connectivity index (χ4v) is 2.07. The Bertz CT molecular complexity index is 687. The molecule has 0 aliphatic carbocycles. The van der Waals surface area contributed by atoms with Crippen LogP contribution in [0.2, 0.25) is 5.15 Å². The Balaban J connectivity index is 2.05. The predicted molar refractivity (Wildman–Crippen MR) is 76.5 cm³/mol. The zero-order chi connectivity index (χ0) is 13.2. The zero-order valence-electron chi connectivity index (χ0n) is 10.4. The third-order valence-electron chi connectivity index (χ3n) is 2.88. The quantitative estimate of drug-likeness (QED) is 0.706. The van der Waals surface area contributed by atoms with Gasteiger partial charge < -0.3 is 0 Å². The van der Waals surface area contributed by atoms with Crippen LogP contribution in [0.4, 0.5) is 0 Å². The molecule has 4 heteroatoms. The van der Waals surface area contributed by atoms with Crippen molar-refractivity contribution >= 4 is 11.6 Å². The summed E-state index contributed by atoms with van der Waals surface area (Å²) in [6, 6.07) is 17.8. The Labute approximate surface area is 116 Å². The van der Waals surface area contributed by atoms with Crippen LogP contribution in [0.1, 0.15) is 5.56 Å². The van der Waals surface area contributed by atoms with Gasteiger partial charge in [-0.25, -0.2) is 0 Å². The molecule has 3 nitrogen and oxygen atoms in total. The summed E-state index contributed by atoms with van der Waals surface area (Å²) in [5.74, 6) is 0. The Morgan fingerprint density at radius 2 is 1.58 bits per heavy atom. The average Bonchev–Trinajstić information content (AvgIpc) is 2.83. The van der Waals surface area contributed by atoms with E-state index in [9.17, 15) is 0 Å². The molecule has 3 aromatic rings. The smallest absolute Gasteiger partial charge is 0.149 e. The van der Waals surface area contributed by atoms with Gasteiger partial charge in [0.2, 0.25) is 0 Å². The highest BCUT2D eigenvalue weighted by Crippen LogP contribution is 2.25. The number of nitrogens with zero attached hydrogens (tertiary/aromatic N) is 3. The highest BCUT2D eigenvalue weighted by Gasteiger charge is 2.11. The van der Waals surface area contributed by atoms with Gasteiger partial charge in [0.25, 0.3) is 0 Å². The van der Waals surface area contributed by atoms with Crippen LogP contribution >= 0.6 is 11.6 Å². The lowest BCUT2D eigenvalue weighted by Crippen LogP contribution is -1.97. The molecule has 94 valence electrons. The van der Waals surface area contributed by atoms with Crippen molar-refractivity contribution in [3.05, 3.63) is 65.3 Å². The van der Waals surface area contributed by atoms with E-state index in [1.165, 1.54) is 5.56 Å². The van der Waals surface area contributed by atoms with Gasteiger partial charge in [-0.05, 0) is 19.1 Å². The van der Waals surface area contributed by atoms with E-state index in [1.807, 2.05) is 61.5 Å². The van der Waals surface area contributed by atoms with Gasteiger partial charge >= 0.3 is 0 Å². The third kappa shape index (κ3) is 2.37. The Morgan fingerprint density at radius 3 is 2.26 bits per heavy atom. The molecule has 1 heterocycles. The Morgan fingerprint density at radius 1 is 0.895 bits per heavy atom. The van der Waals surface area contributed by atoms with Crippen LogP contribution in [0, 0.1) is 6.92 Å². The normalized spacial score (nSPS) is 10.6. The molecular formula is C15H12ClN3. The van der Waals surface area contributed by atoms with Gasteiger partial charge in [-0.3, -0.25) is 0 Å². The fourth-order valence-electron chi connectivity index (χ4n) is 1.85. The topological polar surface area (TPSA) is 30.7 Å². The molecule has 0 aliphatic heterocycles. The van der Waals surface area contributed by atoms with Gasteiger partial charge in [-0.2, -0.15) is 0 Å². The zero-order valence-corrected chi connectivity index (χ0v) is 11.2. The van der Waals surface area contributed by atoms with E-state index in [0.29, 0.717) is 10.8 Å². The third-order valence-corrected chi connectivity index (χ3v) is 3.14. The lowest BCUT2D eigenvalue weighted by atomic mass is 10.1. The lowest BCUT2D eigenvalue weighted by molar-refractivity contribution is 0.754. The van der Waals surface area contributed by atoms with E-state index in [1.54, 1.807) is 4.80 Å². The summed E-state index contributed by atoms with van der Waals surface area (Å²) < 4.78 is 0. The van der Waals surface area contributed by atoms with E-state index in [-0.39, 0.29) is 0 Å². The second-order valence-electron chi connectivity index (χ2n) is 4.33. The van der Waals surface area contributed by atoms with Crippen LogP contribution in [-0.2, 0) is 0 Å². The standard InChI is InChI=1S/C15H12ClN3/c1-11-7-9-12(10-8-11)14-15(16)18-19(17-14)13-5-3-2-4-6-13/h2-10H,1H3. The van der Waals surface area contributed by atoms with Crippen LogP contribution in [0.15, 0.2) is 54.6 Å². The highest BCUT2D eigenvalue weighted by atomic mass is 35.5. The molecule has 19 heavy (non-hydrogen) atoms. The Hall–Kier alpha value is -2.13. The number of rotatable bonds is 2. The monoisotopic (exact) mass is 269 g/mol. The molecule has 0 N–H and O–H groups in total. The van der Waals surface area contributed by atoms with Crippen molar-refractivity contribution in [1.82, 2.24) is 15.0 Å². The SMILES string of the molecule is Cc1ccc(-c2nn(-c3ccccc3)nc2Cl)cc1. The molecule has 0 bridgehead atoms. The van der Waals surface area contributed by atoms with Crippen LogP contribution in [-0.4, -0.2) is 15.0 Å². The molecule has 2 aromatic carbocycles. The van der Waals surface area contributed by atoms with Crippen molar-refractivity contribution in [3.8, 4) is 16.9 Å². The predicted octanol–water partition coefficient (Wildman–Crippen LogP) is 3.90. The largest absolute Gasteiger partial charge is 0.179 e. The molecule has 0 saturated heterocycles. The number of benzene rings is 2. The number of hydrogen-bond acceptors (Lipinski definition) is 2. The second-order valence-corrected chi connectivity index (χ2v) is 4.69. The van der Waals surface area contributed by atoms with Crippen molar-refractivity contribution in [2.45, 2.75) is 6.92 Å². The summed E-state index contributed by atoms with van der Waals surface area (Å²) in [7, 11) is 0. The van der Waals surface area contributed by atoms with Gasteiger partial charge in [0.05, 0.1) is 5.69 Å². The van der Waals surface area contributed by atoms with Crippen molar-refractivity contribution in [2.24, 2.45) is 0 Å². The first-order valence-corrected chi connectivity index (χ1v) is 6.37. The van der Waals surface area contributed by atoms with Crippen LogP contribution in [0.25, 0.3) is 16.9 Å². The molecule has 0 radical (unpaired) electrons. The summed E-state index contributed by atoms with van der Waals surface area (Å²) in [5, 5.41) is 9.11. The van der Waals surface area contributed by atoms with Gasteiger partial charge in [-0.1, -0.05) is 59.6 Å². The van der Waals surface area contributed by atoms with Gasteiger partial charge in [0, 0.05) is 5.56 Å². The van der Waals surface area contributed by atoms with E-state index >= 15 is 0 Å². The number of halogens is 1. The lowest BCUT2D eigenvalue weighted by Gasteiger charge is -1.98. The molecule has 0 spiro atoms. The van der Waals surface area contributed by atoms with E-state index in [2.05, 4.69) is 10.2 Å². The van der Waals surface area contributed by atoms with E-state index in [0.717, 1.165) is 11.3 Å². The molecule has 0 saturated carbocycles. The molecule has 3 rings (SSSR count). The molecule has 0 atom stereocenters. The summed E-state index contributed by atoms with van der Waals surface area (Å²) >= 11 is 6.17. The first-order chi connectivity index (χ1) is 9.24. The van der Waals surface area contributed by atoms with Crippen LogP contribution in [0.3, 0.4) is 0 Å². The van der Waals surface area contributed by atoms with E-state index < -0.39 is 0 Å². The van der Waals surface area contributed by atoms with Crippen molar-refractivity contribution in [3.63, 3.8) is 0 Å². The maximum atomic E-state index is 6.17. The summed E-state index contributed by atoms with van der Waals surface area (Å²) in [6.07, 6.45) is 0. The van der Waals surface area contributed by atoms with Crippen molar-refractivity contribution in [1.29, 1.82) is 0 Å². The van der Waals surface area contributed by atoms with Gasteiger partial charge in [0.1, 0.15) is 5.69 Å². The molecule has 0 unspecified atom stereocenters. The van der Waals surface area contributed by atoms with Gasteiger partial charge in [-0.15, -0.1) is 15.0 Å². The number of hydrogen-bond donors (Lipinski definition) is 0. The molecule has 0 fully saturated rings. The van der Waals surface area contributed by atoms with Crippen LogP contribution in [0.5, 0.6) is 0 Å². The van der Waals surface area contributed by atoms with Crippen LogP contribution < -0.4 is 0 Å². The summed E-state index contributed by atoms with van der Waals surface area (Å²) in [5.41, 5.74) is 3.77. The second kappa shape index (κ2) is 4.86. The Kier molecular flexibility index (Phi) is 3.05. The molecular weight excluding hydrogens is 258 g/mol. The molecule has 1 aromatic heterocycles. The minimum atomic E-state index is 0.410. The first-order valence-electron chi connectivity index (χ1n) is 5.99. The van der Waals surface area contributed by atoms with Gasteiger partial charge in [0.15, 0.2) is 5.15 Å². The van der Waals surface area contributed by atoms with Crippen molar-refractivity contribution in [2.75, 3.05) is 0 Å². The fraction of sp³-hybridized carbons (Fsp3) is 0.0667. The maximum Gasteiger partial charge on any atom is 0.179 e. The highest BCUT2D eigenvalue weighted by molar-refractivity contribution is 6.31. The first kappa shape index (κ1) is 11.9. The number of aromatic nitrogens is 3.